The second-order valence-corrected chi connectivity index (χ2v) is 12.4. The minimum atomic E-state index is -1.05. The second kappa shape index (κ2) is 6.24. The van der Waals surface area contributed by atoms with Crippen molar-refractivity contribution in [3.8, 4) is 5.75 Å². The zero-order valence-corrected chi connectivity index (χ0v) is 14.9. The van der Waals surface area contributed by atoms with Gasteiger partial charge in [0, 0.05) is 20.7 Å². The number of hydrogen-bond donors (Lipinski definition) is 0. The summed E-state index contributed by atoms with van der Waals surface area (Å²) in [5.41, 5.74) is 1.74. The highest BCUT2D eigenvalue weighted by atomic mass is 79.9. The maximum absolute atomic E-state index is 5.71. The molecule has 0 N–H and O–H groups in total. The van der Waals surface area contributed by atoms with Crippen LogP contribution in [0.2, 0.25) is 25.7 Å². The van der Waals surface area contributed by atoms with E-state index in [2.05, 4.69) is 45.9 Å². The number of rotatable bonds is 6. The number of aromatic nitrogens is 3. The Kier molecular flexibility index (Phi) is 4.82. The standard InChI is InChI=1S/C13H20BrN3O2Si/c1-18-13-8-12-11(7-10(13)14)15-16-17(12)9-19-5-6-20(2,3)4/h7-8H,5-6,9H2,1-4H3. The quantitative estimate of drug-likeness (QED) is 0.586. The molecule has 0 spiro atoms. The van der Waals surface area contributed by atoms with Crippen molar-refractivity contribution in [2.24, 2.45) is 0 Å². The third kappa shape index (κ3) is 3.80. The van der Waals surface area contributed by atoms with Crippen LogP contribution in [0, 0.1) is 0 Å². The van der Waals surface area contributed by atoms with E-state index in [4.69, 9.17) is 9.47 Å². The number of fused-ring (bicyclic) bond motifs is 1. The monoisotopic (exact) mass is 357 g/mol. The molecule has 0 aliphatic heterocycles. The van der Waals surface area contributed by atoms with Gasteiger partial charge in [-0.25, -0.2) is 4.68 Å². The van der Waals surface area contributed by atoms with E-state index in [0.717, 1.165) is 33.9 Å². The van der Waals surface area contributed by atoms with Gasteiger partial charge in [0.25, 0.3) is 0 Å². The summed E-state index contributed by atoms with van der Waals surface area (Å²) in [4.78, 5) is 0. The van der Waals surface area contributed by atoms with Gasteiger partial charge in [-0.3, -0.25) is 0 Å². The molecule has 0 radical (unpaired) electrons. The zero-order valence-electron chi connectivity index (χ0n) is 12.3. The molecule has 0 amide bonds. The summed E-state index contributed by atoms with van der Waals surface area (Å²) in [6.07, 6.45) is 0. The van der Waals surface area contributed by atoms with Crippen molar-refractivity contribution in [2.45, 2.75) is 32.4 Å². The van der Waals surface area contributed by atoms with Crippen molar-refractivity contribution in [2.75, 3.05) is 13.7 Å². The van der Waals surface area contributed by atoms with Crippen LogP contribution in [-0.2, 0) is 11.5 Å². The first kappa shape index (κ1) is 15.5. The van der Waals surface area contributed by atoms with Crippen LogP contribution in [0.25, 0.3) is 11.0 Å². The Morgan fingerprint density at radius 2 is 2.05 bits per heavy atom. The zero-order chi connectivity index (χ0) is 14.8. The Labute approximate surface area is 128 Å². The van der Waals surface area contributed by atoms with Gasteiger partial charge >= 0.3 is 0 Å². The van der Waals surface area contributed by atoms with E-state index in [0.29, 0.717) is 6.73 Å². The van der Waals surface area contributed by atoms with E-state index in [1.54, 1.807) is 11.8 Å². The fourth-order valence-corrected chi connectivity index (χ4v) is 3.00. The maximum atomic E-state index is 5.71. The summed E-state index contributed by atoms with van der Waals surface area (Å²) in [6, 6.07) is 4.97. The van der Waals surface area contributed by atoms with Crippen molar-refractivity contribution in [3.05, 3.63) is 16.6 Å². The summed E-state index contributed by atoms with van der Waals surface area (Å²) < 4.78 is 13.6. The smallest absolute Gasteiger partial charge is 0.141 e. The normalized spacial score (nSPS) is 12.1. The van der Waals surface area contributed by atoms with Gasteiger partial charge in [-0.15, -0.1) is 5.10 Å². The molecule has 0 unspecified atom stereocenters. The maximum Gasteiger partial charge on any atom is 0.141 e. The largest absolute Gasteiger partial charge is 0.495 e. The Morgan fingerprint density at radius 1 is 1.30 bits per heavy atom. The predicted octanol–water partition coefficient (Wildman–Crippen LogP) is 3.51. The third-order valence-electron chi connectivity index (χ3n) is 3.00. The van der Waals surface area contributed by atoms with Gasteiger partial charge in [-0.1, -0.05) is 24.9 Å². The molecule has 0 bridgehead atoms. The van der Waals surface area contributed by atoms with Crippen LogP contribution < -0.4 is 4.74 Å². The van der Waals surface area contributed by atoms with Crippen LogP contribution in [0.5, 0.6) is 5.75 Å². The van der Waals surface area contributed by atoms with Gasteiger partial charge in [0.1, 0.15) is 18.0 Å². The first-order valence-corrected chi connectivity index (χ1v) is 11.1. The molecule has 0 fully saturated rings. The van der Waals surface area contributed by atoms with Crippen molar-refractivity contribution in [1.82, 2.24) is 15.0 Å². The molecule has 1 heterocycles. The van der Waals surface area contributed by atoms with Gasteiger partial charge in [-0.2, -0.15) is 0 Å². The molecule has 0 atom stereocenters. The van der Waals surface area contributed by atoms with E-state index in [-0.39, 0.29) is 0 Å². The van der Waals surface area contributed by atoms with Crippen molar-refractivity contribution in [3.63, 3.8) is 0 Å². The lowest BCUT2D eigenvalue weighted by Gasteiger charge is -2.15. The lowest BCUT2D eigenvalue weighted by molar-refractivity contribution is 0.0802. The number of benzene rings is 1. The van der Waals surface area contributed by atoms with E-state index in [1.807, 2.05) is 12.1 Å². The minimum absolute atomic E-state index is 0.422. The lowest BCUT2D eigenvalue weighted by atomic mass is 10.3. The molecule has 110 valence electrons. The van der Waals surface area contributed by atoms with Crippen LogP contribution in [0.3, 0.4) is 0 Å². The average Bonchev–Trinajstić information content (AvgIpc) is 2.74. The summed E-state index contributed by atoms with van der Waals surface area (Å²) in [5, 5.41) is 8.26. The van der Waals surface area contributed by atoms with Crippen molar-refractivity contribution in [1.29, 1.82) is 0 Å². The number of halogens is 1. The molecule has 2 rings (SSSR count). The topological polar surface area (TPSA) is 49.2 Å². The Balaban J connectivity index is 2.07. The third-order valence-corrected chi connectivity index (χ3v) is 5.32. The molecular weight excluding hydrogens is 338 g/mol. The number of nitrogens with zero attached hydrogens (tertiary/aromatic N) is 3. The van der Waals surface area contributed by atoms with E-state index >= 15 is 0 Å². The molecule has 0 aliphatic carbocycles. The first-order valence-electron chi connectivity index (χ1n) is 6.55. The van der Waals surface area contributed by atoms with E-state index in [9.17, 15) is 0 Å². The van der Waals surface area contributed by atoms with Crippen molar-refractivity contribution >= 4 is 35.0 Å². The van der Waals surface area contributed by atoms with Gasteiger partial charge in [-0.05, 0) is 28.0 Å². The van der Waals surface area contributed by atoms with Gasteiger partial charge in [0.15, 0.2) is 0 Å². The highest BCUT2D eigenvalue weighted by molar-refractivity contribution is 9.10. The summed E-state index contributed by atoms with van der Waals surface area (Å²) in [7, 11) is 0.592. The molecule has 2 aromatic rings. The van der Waals surface area contributed by atoms with Crippen LogP contribution >= 0.6 is 15.9 Å². The van der Waals surface area contributed by atoms with Gasteiger partial charge in [0.05, 0.1) is 17.1 Å². The number of hydrogen-bond acceptors (Lipinski definition) is 4. The molecule has 20 heavy (non-hydrogen) atoms. The average molecular weight is 358 g/mol. The van der Waals surface area contributed by atoms with Crippen LogP contribution in [0.1, 0.15) is 0 Å². The van der Waals surface area contributed by atoms with E-state index in [1.165, 1.54) is 0 Å². The Hall–Kier alpha value is -0.923. The summed E-state index contributed by atoms with van der Waals surface area (Å²) >= 11 is 3.44. The van der Waals surface area contributed by atoms with Crippen LogP contribution in [-0.4, -0.2) is 36.8 Å². The molecule has 0 aliphatic rings. The highest BCUT2D eigenvalue weighted by Crippen LogP contribution is 2.29. The first-order chi connectivity index (χ1) is 9.40. The van der Waals surface area contributed by atoms with Crippen molar-refractivity contribution < 1.29 is 9.47 Å². The molecule has 1 aromatic carbocycles. The highest BCUT2D eigenvalue weighted by Gasteiger charge is 2.13. The molecular formula is C13H20BrN3O2Si. The number of ether oxygens (including phenoxy) is 2. The molecule has 0 saturated heterocycles. The fourth-order valence-electron chi connectivity index (χ4n) is 1.75. The predicted molar refractivity (Wildman–Crippen MR) is 85.9 cm³/mol. The SMILES string of the molecule is COc1cc2c(cc1Br)nnn2COCC[Si](C)(C)C. The molecule has 1 aromatic heterocycles. The Bertz CT molecular complexity index is 595. The lowest BCUT2D eigenvalue weighted by Crippen LogP contribution is -2.22. The van der Waals surface area contributed by atoms with Crippen LogP contribution in [0.15, 0.2) is 16.6 Å². The summed E-state index contributed by atoms with van der Waals surface area (Å²) in [6.45, 7) is 8.20. The molecule has 0 saturated carbocycles. The van der Waals surface area contributed by atoms with Gasteiger partial charge < -0.3 is 9.47 Å². The Morgan fingerprint density at radius 3 is 2.70 bits per heavy atom. The fraction of sp³-hybridized carbons (Fsp3) is 0.538. The number of methoxy groups -OCH3 is 1. The minimum Gasteiger partial charge on any atom is -0.495 e. The van der Waals surface area contributed by atoms with Gasteiger partial charge in [0.2, 0.25) is 0 Å². The molecule has 7 heteroatoms. The van der Waals surface area contributed by atoms with Crippen LogP contribution in [0.4, 0.5) is 0 Å². The summed E-state index contributed by atoms with van der Waals surface area (Å²) in [5.74, 6) is 0.767. The second-order valence-electron chi connectivity index (χ2n) is 5.91. The van der Waals surface area contributed by atoms with E-state index < -0.39 is 8.07 Å². The molecule has 5 nitrogen and oxygen atoms in total.